The van der Waals surface area contributed by atoms with E-state index in [0.29, 0.717) is 11.8 Å². The van der Waals surface area contributed by atoms with Gasteiger partial charge in [-0.3, -0.25) is 4.79 Å². The van der Waals surface area contributed by atoms with Crippen molar-refractivity contribution < 1.29 is 9.90 Å². The molecule has 4 nitrogen and oxygen atoms in total. The number of aryl methyl sites for hydroxylation is 1. The van der Waals surface area contributed by atoms with Gasteiger partial charge in [-0.25, -0.2) is 0 Å². The fraction of sp³-hybridized carbons (Fsp3) is 0.389. The zero-order valence-corrected chi connectivity index (χ0v) is 12.7. The number of amides is 1. The molecule has 1 saturated heterocycles. The zero-order chi connectivity index (χ0) is 15.4. The topological polar surface area (TPSA) is 56.3 Å². The van der Waals surface area contributed by atoms with Crippen molar-refractivity contribution in [1.82, 2.24) is 9.88 Å². The lowest BCUT2D eigenvalue weighted by Gasteiger charge is -2.36. The summed E-state index contributed by atoms with van der Waals surface area (Å²) in [5.41, 5.74) is 1.86. The number of hydrogen-bond donors (Lipinski definition) is 2. The number of rotatable bonds is 4. The number of likely N-dealkylation sites (tertiary alicyclic amines) is 1. The first-order valence-electron chi connectivity index (χ1n) is 7.96. The molecule has 1 aliphatic heterocycles. The minimum Gasteiger partial charge on any atom is -0.508 e. The molecule has 1 aromatic heterocycles. The summed E-state index contributed by atoms with van der Waals surface area (Å²) in [4.78, 5) is 17.6. The van der Waals surface area contributed by atoms with E-state index < -0.39 is 0 Å². The number of phenolic OH excluding ortho intramolecular Hbond substituents is 1. The summed E-state index contributed by atoms with van der Waals surface area (Å²) in [6, 6.07) is 9.52. The van der Waals surface area contributed by atoms with Crippen molar-refractivity contribution in [1.29, 1.82) is 0 Å². The number of aromatic nitrogens is 1. The van der Waals surface area contributed by atoms with Crippen molar-refractivity contribution >= 4 is 5.91 Å². The molecule has 0 radical (unpaired) electrons. The molecule has 0 unspecified atom stereocenters. The fourth-order valence-corrected chi connectivity index (χ4v) is 3.24. The highest BCUT2D eigenvalue weighted by Gasteiger charge is 2.27. The summed E-state index contributed by atoms with van der Waals surface area (Å²) in [7, 11) is 0. The Labute approximate surface area is 130 Å². The van der Waals surface area contributed by atoms with Gasteiger partial charge in [-0.05, 0) is 55.9 Å². The van der Waals surface area contributed by atoms with Gasteiger partial charge in [-0.15, -0.1) is 0 Å². The molecule has 0 spiro atoms. The quantitative estimate of drug-likeness (QED) is 0.909. The van der Waals surface area contributed by atoms with Crippen LogP contribution < -0.4 is 0 Å². The normalized spacial score (nSPS) is 18.4. The number of nitrogens with zero attached hydrogens (tertiary/aromatic N) is 1. The molecule has 1 fully saturated rings. The molecule has 0 bridgehead atoms. The lowest BCUT2D eigenvalue weighted by atomic mass is 9.95. The molecular weight excluding hydrogens is 276 g/mol. The van der Waals surface area contributed by atoms with Gasteiger partial charge in [0, 0.05) is 25.0 Å². The molecule has 1 aliphatic rings. The third-order valence-electron chi connectivity index (χ3n) is 4.41. The van der Waals surface area contributed by atoms with Crippen LogP contribution in [0.5, 0.6) is 5.75 Å². The van der Waals surface area contributed by atoms with Crippen LogP contribution in [-0.4, -0.2) is 33.5 Å². The molecule has 22 heavy (non-hydrogen) atoms. The van der Waals surface area contributed by atoms with Crippen LogP contribution in [0.4, 0.5) is 0 Å². The van der Waals surface area contributed by atoms with E-state index in [-0.39, 0.29) is 5.91 Å². The third kappa shape index (κ3) is 3.32. The molecular formula is C18H22N2O2. The van der Waals surface area contributed by atoms with Gasteiger partial charge in [0.05, 0.1) is 5.56 Å². The average molecular weight is 298 g/mol. The van der Waals surface area contributed by atoms with Gasteiger partial charge in [0.15, 0.2) is 0 Å². The van der Waals surface area contributed by atoms with Crippen molar-refractivity contribution in [2.75, 3.05) is 6.54 Å². The number of phenols is 1. The van der Waals surface area contributed by atoms with Crippen LogP contribution in [0.3, 0.4) is 0 Å². The van der Waals surface area contributed by atoms with Crippen LogP contribution in [0.2, 0.25) is 0 Å². The Morgan fingerprint density at radius 2 is 2.23 bits per heavy atom. The molecule has 1 aromatic carbocycles. The number of piperidine rings is 1. The van der Waals surface area contributed by atoms with E-state index in [1.54, 1.807) is 24.5 Å². The highest BCUT2D eigenvalue weighted by molar-refractivity contribution is 5.94. The summed E-state index contributed by atoms with van der Waals surface area (Å²) in [5, 5.41) is 9.55. The first-order chi connectivity index (χ1) is 10.7. The van der Waals surface area contributed by atoms with Gasteiger partial charge in [0.1, 0.15) is 5.75 Å². The van der Waals surface area contributed by atoms with Crippen LogP contribution in [0.25, 0.3) is 0 Å². The Balaban J connectivity index is 1.66. The first kappa shape index (κ1) is 14.7. The number of hydrogen-bond acceptors (Lipinski definition) is 2. The zero-order valence-electron chi connectivity index (χ0n) is 12.7. The van der Waals surface area contributed by atoms with Crippen molar-refractivity contribution in [3.63, 3.8) is 0 Å². The van der Waals surface area contributed by atoms with Gasteiger partial charge in [0.2, 0.25) is 0 Å². The highest BCUT2D eigenvalue weighted by Crippen LogP contribution is 2.24. The van der Waals surface area contributed by atoms with Gasteiger partial charge >= 0.3 is 0 Å². The minimum atomic E-state index is 0.127. The Morgan fingerprint density at radius 1 is 1.32 bits per heavy atom. The summed E-state index contributed by atoms with van der Waals surface area (Å²) < 4.78 is 0. The van der Waals surface area contributed by atoms with Crippen LogP contribution in [0, 0.1) is 0 Å². The average Bonchev–Trinajstić information content (AvgIpc) is 3.07. The Bertz CT molecular complexity index is 622. The van der Waals surface area contributed by atoms with Crippen molar-refractivity contribution in [2.45, 2.75) is 38.1 Å². The highest BCUT2D eigenvalue weighted by atomic mass is 16.3. The molecule has 2 heterocycles. The maximum Gasteiger partial charge on any atom is 0.255 e. The largest absolute Gasteiger partial charge is 0.508 e. The predicted octanol–water partition coefficient (Wildman–Crippen LogP) is 3.35. The molecule has 3 rings (SSSR count). The van der Waals surface area contributed by atoms with Crippen LogP contribution in [0.15, 0.2) is 42.7 Å². The SMILES string of the molecule is O=C(c1cc[nH]c1)N1CCCC[C@H]1CCc1cccc(O)c1. The molecule has 2 N–H and O–H groups in total. The van der Waals surface area contributed by atoms with E-state index in [1.807, 2.05) is 23.1 Å². The van der Waals surface area contributed by atoms with Crippen LogP contribution >= 0.6 is 0 Å². The van der Waals surface area contributed by atoms with Gasteiger partial charge in [-0.1, -0.05) is 12.1 Å². The summed E-state index contributed by atoms with van der Waals surface area (Å²) in [6.45, 7) is 0.842. The maximum absolute atomic E-state index is 12.6. The second-order valence-electron chi connectivity index (χ2n) is 5.96. The second kappa shape index (κ2) is 6.69. The molecule has 116 valence electrons. The smallest absolute Gasteiger partial charge is 0.255 e. The van der Waals surface area contributed by atoms with E-state index in [4.69, 9.17) is 0 Å². The Hall–Kier alpha value is -2.23. The monoisotopic (exact) mass is 298 g/mol. The number of carbonyl (C=O) groups is 1. The van der Waals surface area contributed by atoms with E-state index in [9.17, 15) is 9.90 Å². The first-order valence-corrected chi connectivity index (χ1v) is 7.96. The standard InChI is InChI=1S/C18H22N2O2/c21-17-6-3-4-14(12-17)7-8-16-5-1-2-11-20(16)18(22)15-9-10-19-13-15/h3-4,6,9-10,12-13,16,19,21H,1-2,5,7-8,11H2/t16-/m0/s1. The number of aromatic amines is 1. The van der Waals surface area contributed by atoms with Gasteiger partial charge in [-0.2, -0.15) is 0 Å². The third-order valence-corrected chi connectivity index (χ3v) is 4.41. The minimum absolute atomic E-state index is 0.127. The van der Waals surface area contributed by atoms with E-state index in [1.165, 1.54) is 6.42 Å². The van der Waals surface area contributed by atoms with Crippen molar-refractivity contribution in [3.8, 4) is 5.75 Å². The lowest BCUT2D eigenvalue weighted by Crippen LogP contribution is -2.43. The summed E-state index contributed by atoms with van der Waals surface area (Å²) >= 11 is 0. The number of nitrogens with one attached hydrogen (secondary N) is 1. The van der Waals surface area contributed by atoms with Gasteiger partial charge < -0.3 is 15.0 Å². The Kier molecular flexibility index (Phi) is 4.47. The number of benzene rings is 1. The molecule has 0 aliphatic carbocycles. The molecule has 4 heteroatoms. The molecule has 1 amide bonds. The van der Waals surface area contributed by atoms with Gasteiger partial charge in [0.25, 0.3) is 5.91 Å². The van der Waals surface area contributed by atoms with Crippen molar-refractivity contribution in [3.05, 3.63) is 53.9 Å². The number of H-pyrrole nitrogens is 1. The molecule has 0 saturated carbocycles. The maximum atomic E-state index is 12.6. The summed E-state index contributed by atoms with van der Waals surface area (Å²) in [6.07, 6.45) is 8.72. The fourth-order valence-electron chi connectivity index (χ4n) is 3.24. The molecule has 1 atom stereocenters. The van der Waals surface area contributed by atoms with Crippen LogP contribution in [-0.2, 0) is 6.42 Å². The van der Waals surface area contributed by atoms with Crippen LogP contribution in [0.1, 0.15) is 41.6 Å². The second-order valence-corrected chi connectivity index (χ2v) is 5.96. The van der Waals surface area contributed by atoms with E-state index >= 15 is 0 Å². The lowest BCUT2D eigenvalue weighted by molar-refractivity contribution is 0.0602. The predicted molar refractivity (Wildman–Crippen MR) is 85.9 cm³/mol. The Morgan fingerprint density at radius 3 is 3.00 bits per heavy atom. The number of aromatic hydroxyl groups is 1. The summed E-state index contributed by atoms with van der Waals surface area (Å²) in [5.74, 6) is 0.434. The van der Waals surface area contributed by atoms with E-state index in [2.05, 4.69) is 4.98 Å². The van der Waals surface area contributed by atoms with E-state index in [0.717, 1.165) is 43.4 Å². The van der Waals surface area contributed by atoms with Crippen molar-refractivity contribution in [2.24, 2.45) is 0 Å². The molecule has 2 aromatic rings. The number of carbonyl (C=O) groups excluding carboxylic acids is 1.